The van der Waals surface area contributed by atoms with Crippen LogP contribution in [0.25, 0.3) is 0 Å². The molecule has 0 aliphatic rings. The second-order valence-corrected chi connectivity index (χ2v) is 8.27. The fourth-order valence-electron chi connectivity index (χ4n) is 2.31. The highest BCUT2D eigenvalue weighted by Gasteiger charge is 2.14. The van der Waals surface area contributed by atoms with Gasteiger partial charge in [-0.2, -0.15) is 0 Å². The number of nitrogens with one attached hydrogen (secondary N) is 2. The minimum Gasteiger partial charge on any atom is -0.439 e. The van der Waals surface area contributed by atoms with Gasteiger partial charge in [0.1, 0.15) is 5.75 Å². The Morgan fingerprint density at radius 1 is 1.07 bits per heavy atom. The summed E-state index contributed by atoms with van der Waals surface area (Å²) in [5.41, 5.74) is 0.755. The van der Waals surface area contributed by atoms with Crippen molar-refractivity contribution in [3.8, 4) is 11.6 Å². The standard InChI is InChI=1S/C19H16BrN3O5S/c1-27-23-29(25,26)17-8-5-13(6-9-17)19(24)22-15-7-10-18(21-12-15)28-16-4-2-3-14(20)11-16/h2-12,23H,1H3,(H,22,24). The molecule has 3 aromatic rings. The van der Waals surface area contributed by atoms with Crippen LogP contribution in [0.1, 0.15) is 10.4 Å². The largest absolute Gasteiger partial charge is 0.439 e. The summed E-state index contributed by atoms with van der Waals surface area (Å²) in [5.74, 6) is 0.596. The maximum atomic E-state index is 12.3. The molecule has 0 unspecified atom stereocenters. The van der Waals surface area contributed by atoms with E-state index < -0.39 is 15.9 Å². The number of hydrogen-bond donors (Lipinski definition) is 2. The predicted octanol–water partition coefficient (Wildman–Crippen LogP) is 3.73. The highest BCUT2D eigenvalue weighted by Crippen LogP contribution is 2.23. The number of carbonyl (C=O) groups is 1. The highest BCUT2D eigenvalue weighted by atomic mass is 79.9. The Kier molecular flexibility index (Phi) is 6.60. The van der Waals surface area contributed by atoms with E-state index in [0.29, 0.717) is 17.3 Å². The van der Waals surface area contributed by atoms with Gasteiger partial charge in [-0.25, -0.2) is 13.4 Å². The highest BCUT2D eigenvalue weighted by molar-refractivity contribution is 9.10. The molecule has 0 atom stereocenters. The number of amides is 1. The van der Waals surface area contributed by atoms with Gasteiger partial charge in [0, 0.05) is 16.1 Å². The van der Waals surface area contributed by atoms with Crippen LogP contribution in [0, 0.1) is 0 Å². The van der Waals surface area contributed by atoms with E-state index in [-0.39, 0.29) is 10.5 Å². The topological polar surface area (TPSA) is 107 Å². The van der Waals surface area contributed by atoms with Crippen LogP contribution in [0.3, 0.4) is 0 Å². The van der Waals surface area contributed by atoms with E-state index in [1.165, 1.54) is 37.6 Å². The Labute approximate surface area is 176 Å². The predicted molar refractivity (Wildman–Crippen MR) is 110 cm³/mol. The Morgan fingerprint density at radius 2 is 1.83 bits per heavy atom. The molecule has 2 aromatic carbocycles. The summed E-state index contributed by atoms with van der Waals surface area (Å²) in [5, 5.41) is 2.69. The van der Waals surface area contributed by atoms with Crippen molar-refractivity contribution in [3.05, 3.63) is 76.9 Å². The first-order chi connectivity index (χ1) is 13.9. The molecular formula is C19H16BrN3O5S. The molecule has 1 amide bonds. The molecule has 0 radical (unpaired) electrons. The van der Waals surface area contributed by atoms with Crippen LogP contribution < -0.4 is 14.9 Å². The van der Waals surface area contributed by atoms with Gasteiger partial charge in [0.15, 0.2) is 0 Å². The summed E-state index contributed by atoms with van der Waals surface area (Å²) < 4.78 is 30.2. The Bertz CT molecular complexity index is 1100. The number of anilines is 1. The van der Waals surface area contributed by atoms with Crippen LogP contribution in [-0.4, -0.2) is 26.4 Å². The molecule has 150 valence electrons. The Hall–Kier alpha value is -2.79. The molecule has 0 saturated carbocycles. The van der Waals surface area contributed by atoms with E-state index in [2.05, 4.69) is 31.1 Å². The molecule has 2 N–H and O–H groups in total. The third-order valence-corrected chi connectivity index (χ3v) is 5.40. The zero-order valence-corrected chi connectivity index (χ0v) is 17.5. The number of benzene rings is 2. The smallest absolute Gasteiger partial charge is 0.262 e. The first-order valence-electron chi connectivity index (χ1n) is 8.23. The van der Waals surface area contributed by atoms with Gasteiger partial charge in [0.2, 0.25) is 5.88 Å². The van der Waals surface area contributed by atoms with Crippen LogP contribution in [0.15, 0.2) is 76.2 Å². The van der Waals surface area contributed by atoms with Crippen molar-refractivity contribution in [2.45, 2.75) is 4.90 Å². The molecule has 0 saturated heterocycles. The van der Waals surface area contributed by atoms with E-state index in [4.69, 9.17) is 4.74 Å². The van der Waals surface area contributed by atoms with Crippen molar-refractivity contribution < 1.29 is 22.8 Å². The van der Waals surface area contributed by atoms with Gasteiger partial charge in [0.05, 0.1) is 23.9 Å². The van der Waals surface area contributed by atoms with Crippen LogP contribution in [-0.2, 0) is 14.9 Å². The van der Waals surface area contributed by atoms with Gasteiger partial charge >= 0.3 is 0 Å². The first kappa shape index (κ1) is 20.9. The molecule has 0 spiro atoms. The number of pyridine rings is 1. The number of carbonyl (C=O) groups excluding carboxylic acids is 1. The molecule has 0 aliphatic carbocycles. The fraction of sp³-hybridized carbons (Fsp3) is 0.0526. The van der Waals surface area contributed by atoms with Crippen LogP contribution >= 0.6 is 15.9 Å². The van der Waals surface area contributed by atoms with E-state index in [0.717, 1.165) is 4.47 Å². The average molecular weight is 478 g/mol. The van der Waals surface area contributed by atoms with E-state index in [1.807, 2.05) is 23.1 Å². The van der Waals surface area contributed by atoms with Crippen molar-refractivity contribution >= 4 is 37.5 Å². The molecule has 8 nitrogen and oxygen atoms in total. The number of halogens is 1. The van der Waals surface area contributed by atoms with Gasteiger partial charge in [-0.15, -0.1) is 0 Å². The maximum Gasteiger partial charge on any atom is 0.262 e. The molecule has 10 heteroatoms. The molecular weight excluding hydrogens is 462 g/mol. The zero-order chi connectivity index (χ0) is 20.9. The molecule has 0 fully saturated rings. The second-order valence-electron chi connectivity index (χ2n) is 5.71. The Balaban J connectivity index is 1.64. The Morgan fingerprint density at radius 3 is 2.45 bits per heavy atom. The zero-order valence-electron chi connectivity index (χ0n) is 15.1. The number of sulfonamides is 1. The van der Waals surface area contributed by atoms with Gasteiger partial charge in [-0.3, -0.25) is 9.63 Å². The summed E-state index contributed by atoms with van der Waals surface area (Å²) in [6, 6.07) is 16.0. The quantitative estimate of drug-likeness (QED) is 0.502. The number of hydrogen-bond acceptors (Lipinski definition) is 6. The lowest BCUT2D eigenvalue weighted by Crippen LogP contribution is -2.22. The number of ether oxygens (including phenoxy) is 1. The number of rotatable bonds is 7. The molecule has 0 bridgehead atoms. The summed E-state index contributed by atoms with van der Waals surface area (Å²) >= 11 is 3.37. The molecule has 0 aliphatic heterocycles. The minimum absolute atomic E-state index is 0.0217. The fourth-order valence-corrected chi connectivity index (χ4v) is 3.50. The van der Waals surface area contributed by atoms with Crippen molar-refractivity contribution in [1.82, 2.24) is 9.87 Å². The van der Waals surface area contributed by atoms with E-state index in [1.54, 1.807) is 18.2 Å². The lowest BCUT2D eigenvalue weighted by atomic mass is 10.2. The summed E-state index contributed by atoms with van der Waals surface area (Å²) in [6.45, 7) is 0. The summed E-state index contributed by atoms with van der Waals surface area (Å²) in [6.07, 6.45) is 1.46. The van der Waals surface area contributed by atoms with Gasteiger partial charge in [-0.1, -0.05) is 26.9 Å². The van der Waals surface area contributed by atoms with Crippen molar-refractivity contribution in [1.29, 1.82) is 0 Å². The normalized spacial score (nSPS) is 11.1. The van der Waals surface area contributed by atoms with Gasteiger partial charge < -0.3 is 10.1 Å². The lowest BCUT2D eigenvalue weighted by Gasteiger charge is -2.08. The van der Waals surface area contributed by atoms with E-state index >= 15 is 0 Å². The molecule has 29 heavy (non-hydrogen) atoms. The van der Waals surface area contributed by atoms with Crippen LogP contribution in [0.4, 0.5) is 5.69 Å². The second kappa shape index (κ2) is 9.14. The SMILES string of the molecule is CONS(=O)(=O)c1ccc(C(=O)Nc2ccc(Oc3cccc(Br)c3)nc2)cc1. The summed E-state index contributed by atoms with van der Waals surface area (Å²) in [7, 11) is -2.58. The van der Waals surface area contributed by atoms with Crippen molar-refractivity contribution in [3.63, 3.8) is 0 Å². The third kappa shape index (κ3) is 5.61. The summed E-state index contributed by atoms with van der Waals surface area (Å²) in [4.78, 5) is 22.8. The van der Waals surface area contributed by atoms with Gasteiger partial charge in [-0.05, 0) is 48.5 Å². The first-order valence-corrected chi connectivity index (χ1v) is 10.5. The van der Waals surface area contributed by atoms with Crippen molar-refractivity contribution in [2.75, 3.05) is 12.4 Å². The maximum absolute atomic E-state index is 12.3. The third-order valence-electron chi connectivity index (χ3n) is 3.63. The molecule has 3 rings (SSSR count). The lowest BCUT2D eigenvalue weighted by molar-refractivity contribution is 0.102. The minimum atomic E-state index is -3.78. The van der Waals surface area contributed by atoms with Gasteiger partial charge in [0.25, 0.3) is 15.9 Å². The molecule has 1 heterocycles. The monoisotopic (exact) mass is 477 g/mol. The average Bonchev–Trinajstić information content (AvgIpc) is 2.69. The van der Waals surface area contributed by atoms with Crippen LogP contribution in [0.2, 0.25) is 0 Å². The van der Waals surface area contributed by atoms with E-state index in [9.17, 15) is 13.2 Å². The number of aromatic nitrogens is 1. The number of nitrogens with zero attached hydrogens (tertiary/aromatic N) is 1. The van der Waals surface area contributed by atoms with Crippen molar-refractivity contribution in [2.24, 2.45) is 0 Å². The molecule has 1 aromatic heterocycles. The van der Waals surface area contributed by atoms with Crippen LogP contribution in [0.5, 0.6) is 11.6 Å².